The van der Waals surface area contributed by atoms with Crippen LogP contribution < -0.4 is 18.9 Å². The Balaban J connectivity index is 1.86. The highest BCUT2D eigenvalue weighted by molar-refractivity contribution is 7.90. The molecule has 0 fully saturated rings. The minimum atomic E-state index is -4.14. The quantitative estimate of drug-likeness (QED) is 0.322. The van der Waals surface area contributed by atoms with Gasteiger partial charge in [0.2, 0.25) is 21.7 Å². The van der Waals surface area contributed by atoms with Crippen LogP contribution in [0.3, 0.4) is 0 Å². The molecule has 12 heteroatoms. The molecule has 1 atom stereocenters. The molecule has 0 radical (unpaired) electrons. The smallest absolute Gasteiger partial charge is 0.303 e. The molecule has 2 heterocycles. The van der Waals surface area contributed by atoms with Crippen LogP contribution in [0.15, 0.2) is 66.7 Å². The third kappa shape index (κ3) is 5.30. The highest BCUT2D eigenvalue weighted by Crippen LogP contribution is 2.36. The van der Waals surface area contributed by atoms with Crippen molar-refractivity contribution in [2.24, 2.45) is 0 Å². The minimum Gasteiger partial charge on any atom is -0.494 e. The van der Waals surface area contributed by atoms with Gasteiger partial charge in [-0.2, -0.15) is 0 Å². The maximum atomic E-state index is 13.5. The first kappa shape index (κ1) is 26.6. The van der Waals surface area contributed by atoms with E-state index >= 15 is 0 Å². The fourth-order valence-corrected chi connectivity index (χ4v) is 4.84. The summed E-state index contributed by atoms with van der Waals surface area (Å²) >= 11 is 0. The van der Waals surface area contributed by atoms with E-state index in [0.29, 0.717) is 40.9 Å². The van der Waals surface area contributed by atoms with E-state index < -0.39 is 21.2 Å². The lowest BCUT2D eigenvalue weighted by molar-refractivity contribution is 0.0969. The zero-order valence-corrected chi connectivity index (χ0v) is 22.1. The van der Waals surface area contributed by atoms with Gasteiger partial charge >= 0.3 is 5.91 Å². The van der Waals surface area contributed by atoms with Crippen molar-refractivity contribution < 1.29 is 27.4 Å². The molecule has 4 rings (SSSR count). The normalized spacial score (nSPS) is 12.0. The van der Waals surface area contributed by atoms with E-state index in [-0.39, 0.29) is 11.6 Å². The van der Waals surface area contributed by atoms with Crippen LogP contribution in [0, 0.1) is 0 Å². The Hall–Kier alpha value is -4.45. The molecular formula is C26H27N5O6S. The van der Waals surface area contributed by atoms with Crippen LogP contribution in [0.1, 0.15) is 35.3 Å². The van der Waals surface area contributed by atoms with E-state index in [0.717, 1.165) is 0 Å². The van der Waals surface area contributed by atoms with E-state index in [9.17, 15) is 13.2 Å². The number of benzene rings is 2. The van der Waals surface area contributed by atoms with Crippen molar-refractivity contribution in [3.8, 4) is 34.6 Å². The second-order valence-electron chi connectivity index (χ2n) is 8.02. The molecule has 0 aliphatic rings. The number of methoxy groups -OCH3 is 2. The standard InChI is InChI=1S/C26H27N5O6S/c1-5-37-22-16-9-13-19(27-22)24-28-29-25(31(24)23-20(35-3)14-10-15-21(23)36-4)26(32)30-38(33,34)17(2)18-11-7-6-8-12-18/h6-17H,5H2,1-4H3,(H,30,32)/t17-/m1/s1. The number of amides is 1. The molecule has 0 saturated heterocycles. The molecule has 0 spiro atoms. The van der Waals surface area contributed by atoms with Crippen LogP contribution in [0.5, 0.6) is 17.4 Å². The number of ether oxygens (including phenoxy) is 3. The number of carbonyl (C=O) groups excluding carboxylic acids is 1. The average molecular weight is 538 g/mol. The van der Waals surface area contributed by atoms with Gasteiger partial charge in [-0.05, 0) is 37.6 Å². The monoisotopic (exact) mass is 537 g/mol. The fraction of sp³-hybridized carbons (Fsp3) is 0.231. The Kier molecular flexibility index (Phi) is 7.91. The molecule has 0 aliphatic heterocycles. The molecule has 38 heavy (non-hydrogen) atoms. The van der Waals surface area contributed by atoms with Crippen molar-refractivity contribution in [1.29, 1.82) is 0 Å². The number of hydrogen-bond acceptors (Lipinski definition) is 9. The van der Waals surface area contributed by atoms with Crippen LogP contribution >= 0.6 is 0 Å². The van der Waals surface area contributed by atoms with Crippen molar-refractivity contribution in [3.05, 3.63) is 78.1 Å². The van der Waals surface area contributed by atoms with Crippen molar-refractivity contribution in [1.82, 2.24) is 24.5 Å². The van der Waals surface area contributed by atoms with Gasteiger partial charge < -0.3 is 14.2 Å². The summed E-state index contributed by atoms with van der Waals surface area (Å²) in [5.41, 5.74) is 1.15. The van der Waals surface area contributed by atoms with Gasteiger partial charge in [-0.3, -0.25) is 9.36 Å². The summed E-state index contributed by atoms with van der Waals surface area (Å²) in [5, 5.41) is 7.25. The molecule has 4 aromatic rings. The first-order valence-electron chi connectivity index (χ1n) is 11.7. The van der Waals surface area contributed by atoms with Gasteiger partial charge in [0.15, 0.2) is 5.82 Å². The van der Waals surface area contributed by atoms with Crippen LogP contribution in [0.25, 0.3) is 17.2 Å². The first-order valence-corrected chi connectivity index (χ1v) is 13.2. The van der Waals surface area contributed by atoms with Crippen molar-refractivity contribution >= 4 is 15.9 Å². The summed E-state index contributed by atoms with van der Waals surface area (Å²) in [6.07, 6.45) is 0. The molecule has 2 aromatic carbocycles. The molecule has 198 valence electrons. The number of pyridine rings is 1. The van der Waals surface area contributed by atoms with Crippen molar-refractivity contribution in [2.75, 3.05) is 20.8 Å². The van der Waals surface area contributed by atoms with E-state index in [2.05, 4.69) is 19.9 Å². The second-order valence-corrected chi connectivity index (χ2v) is 10.0. The van der Waals surface area contributed by atoms with Crippen LogP contribution in [-0.4, -0.2) is 54.9 Å². The molecule has 0 bridgehead atoms. The zero-order valence-electron chi connectivity index (χ0n) is 21.3. The number of carbonyl (C=O) groups is 1. The third-order valence-corrected chi connectivity index (χ3v) is 7.38. The molecule has 2 aromatic heterocycles. The van der Waals surface area contributed by atoms with E-state index in [1.54, 1.807) is 66.7 Å². The van der Waals surface area contributed by atoms with Gasteiger partial charge in [0.1, 0.15) is 28.1 Å². The van der Waals surface area contributed by atoms with Gasteiger partial charge in [-0.1, -0.05) is 42.5 Å². The van der Waals surface area contributed by atoms with Crippen LogP contribution in [0.2, 0.25) is 0 Å². The Bertz CT molecular complexity index is 1520. The third-order valence-electron chi connectivity index (χ3n) is 5.71. The average Bonchev–Trinajstić information content (AvgIpc) is 3.37. The van der Waals surface area contributed by atoms with Crippen molar-refractivity contribution in [2.45, 2.75) is 19.1 Å². The van der Waals surface area contributed by atoms with Gasteiger partial charge in [0.25, 0.3) is 0 Å². The van der Waals surface area contributed by atoms with Gasteiger partial charge in [-0.25, -0.2) is 18.1 Å². The summed E-state index contributed by atoms with van der Waals surface area (Å²) in [6, 6.07) is 18.7. The Labute approximate surface area is 220 Å². The molecule has 1 N–H and O–H groups in total. The maximum absolute atomic E-state index is 13.5. The topological polar surface area (TPSA) is 135 Å². The number of hydrogen-bond donors (Lipinski definition) is 1. The maximum Gasteiger partial charge on any atom is 0.303 e. The van der Waals surface area contributed by atoms with E-state index in [1.807, 2.05) is 6.92 Å². The number of sulfonamides is 1. The zero-order chi connectivity index (χ0) is 27.3. The van der Waals surface area contributed by atoms with E-state index in [1.165, 1.54) is 25.7 Å². The van der Waals surface area contributed by atoms with Gasteiger partial charge in [0.05, 0.1) is 20.8 Å². The predicted molar refractivity (Wildman–Crippen MR) is 140 cm³/mol. The SMILES string of the molecule is CCOc1cccc(-c2nnc(C(=O)NS(=O)(=O)[C@H](C)c3ccccc3)n2-c2c(OC)cccc2OC)n1. The Morgan fingerprint density at radius 1 is 0.947 bits per heavy atom. The van der Waals surface area contributed by atoms with Gasteiger partial charge in [0, 0.05) is 6.07 Å². The number of rotatable bonds is 10. The molecular weight excluding hydrogens is 510 g/mol. The van der Waals surface area contributed by atoms with Crippen molar-refractivity contribution in [3.63, 3.8) is 0 Å². The summed E-state index contributed by atoms with van der Waals surface area (Å²) in [6.45, 7) is 3.72. The Morgan fingerprint density at radius 3 is 2.24 bits per heavy atom. The summed E-state index contributed by atoms with van der Waals surface area (Å²) in [7, 11) is -1.22. The highest BCUT2D eigenvalue weighted by atomic mass is 32.2. The van der Waals surface area contributed by atoms with E-state index in [4.69, 9.17) is 14.2 Å². The molecule has 1 amide bonds. The number of nitrogens with zero attached hydrogens (tertiary/aromatic N) is 4. The molecule has 11 nitrogen and oxygen atoms in total. The summed E-state index contributed by atoms with van der Waals surface area (Å²) < 4.78 is 46.4. The fourth-order valence-electron chi connectivity index (χ4n) is 3.80. The van der Waals surface area contributed by atoms with Crippen LogP contribution in [0.4, 0.5) is 0 Å². The lowest BCUT2D eigenvalue weighted by atomic mass is 10.2. The molecule has 0 saturated carbocycles. The van der Waals surface area contributed by atoms with Crippen LogP contribution in [-0.2, 0) is 10.0 Å². The number of para-hydroxylation sites is 1. The lowest BCUT2D eigenvalue weighted by Crippen LogP contribution is -2.35. The first-order chi connectivity index (χ1) is 18.3. The summed E-state index contributed by atoms with van der Waals surface area (Å²) in [4.78, 5) is 17.9. The molecule has 0 unspecified atom stereocenters. The second kappa shape index (κ2) is 11.3. The largest absolute Gasteiger partial charge is 0.494 e. The Morgan fingerprint density at radius 2 is 1.61 bits per heavy atom. The minimum absolute atomic E-state index is 0.146. The van der Waals surface area contributed by atoms with Gasteiger partial charge in [-0.15, -0.1) is 10.2 Å². The number of nitrogens with one attached hydrogen (secondary N) is 1. The predicted octanol–water partition coefficient (Wildman–Crippen LogP) is 3.57. The summed E-state index contributed by atoms with van der Waals surface area (Å²) in [5.74, 6) is -0.137. The molecule has 0 aliphatic carbocycles. The highest BCUT2D eigenvalue weighted by Gasteiger charge is 2.31. The lowest BCUT2D eigenvalue weighted by Gasteiger charge is -2.18. The number of aromatic nitrogens is 4.